The van der Waals surface area contributed by atoms with Crippen LogP contribution in [0.3, 0.4) is 0 Å². The van der Waals surface area contributed by atoms with Gasteiger partial charge in [0.1, 0.15) is 0 Å². The van der Waals surface area contributed by atoms with E-state index in [1.807, 2.05) is 4.90 Å². The van der Waals surface area contributed by atoms with E-state index in [1.165, 1.54) is 18.5 Å². The number of fused-ring (bicyclic) bond motifs is 1. The lowest BCUT2D eigenvalue weighted by molar-refractivity contribution is 0.383. The molecule has 1 fully saturated rings. The molecule has 3 aromatic heterocycles. The molecular formula is C22H20F2N8O2. The third-order valence-corrected chi connectivity index (χ3v) is 6.31. The van der Waals surface area contributed by atoms with Gasteiger partial charge in [-0.05, 0) is 48.9 Å². The van der Waals surface area contributed by atoms with Gasteiger partial charge in [-0.1, -0.05) is 5.10 Å². The minimum absolute atomic E-state index is 0.0351. The average molecular weight is 466 g/mol. The molecule has 12 heteroatoms. The molecule has 1 aromatic carbocycles. The summed E-state index contributed by atoms with van der Waals surface area (Å²) in [6.45, 7) is 1.48. The summed E-state index contributed by atoms with van der Waals surface area (Å²) in [5.41, 5.74) is 2.20. The van der Waals surface area contributed by atoms with Crippen molar-refractivity contribution in [1.82, 2.24) is 30.4 Å². The van der Waals surface area contributed by atoms with Gasteiger partial charge in [0, 0.05) is 37.4 Å². The molecular weight excluding hydrogens is 446 g/mol. The van der Waals surface area contributed by atoms with Crippen molar-refractivity contribution in [2.45, 2.75) is 37.6 Å². The lowest BCUT2D eigenvalue weighted by atomic mass is 9.97. The van der Waals surface area contributed by atoms with Crippen molar-refractivity contribution in [1.29, 1.82) is 0 Å². The van der Waals surface area contributed by atoms with Gasteiger partial charge in [-0.15, -0.1) is 15.3 Å². The summed E-state index contributed by atoms with van der Waals surface area (Å²) in [5.74, 6) is 0.00761. The van der Waals surface area contributed by atoms with Crippen LogP contribution in [0, 0.1) is 11.6 Å². The summed E-state index contributed by atoms with van der Waals surface area (Å²) >= 11 is 0. The molecule has 1 aliphatic carbocycles. The Labute approximate surface area is 192 Å². The first-order valence-electron chi connectivity index (χ1n) is 11.0. The largest absolute Gasteiger partial charge is 0.428 e. The molecule has 2 aliphatic rings. The monoisotopic (exact) mass is 466 g/mol. The van der Waals surface area contributed by atoms with Gasteiger partial charge in [-0.25, -0.2) is 18.7 Å². The van der Waals surface area contributed by atoms with E-state index >= 15 is 0 Å². The number of nitrogens with one attached hydrogen (secondary N) is 1. The van der Waals surface area contributed by atoms with Crippen LogP contribution in [-0.2, 0) is 12.8 Å². The molecule has 4 aromatic rings. The zero-order valence-electron chi connectivity index (χ0n) is 18.0. The Morgan fingerprint density at radius 3 is 2.29 bits per heavy atom. The lowest BCUT2D eigenvalue weighted by Gasteiger charge is -2.28. The molecule has 10 nitrogen and oxygen atoms in total. The van der Waals surface area contributed by atoms with Crippen molar-refractivity contribution in [2.75, 3.05) is 23.3 Å². The molecule has 0 unspecified atom stereocenters. The van der Waals surface area contributed by atoms with E-state index in [0.717, 1.165) is 37.1 Å². The minimum Gasteiger partial charge on any atom is -0.428 e. The number of hydrogen-bond donors (Lipinski definition) is 1. The highest BCUT2D eigenvalue weighted by atomic mass is 19.2. The van der Waals surface area contributed by atoms with E-state index in [-0.39, 0.29) is 12.0 Å². The van der Waals surface area contributed by atoms with Crippen molar-refractivity contribution in [3.63, 3.8) is 0 Å². The first-order valence-corrected chi connectivity index (χ1v) is 11.0. The number of benzene rings is 1. The highest BCUT2D eigenvalue weighted by Gasteiger charge is 2.27. The molecule has 4 heterocycles. The minimum atomic E-state index is -0.824. The summed E-state index contributed by atoms with van der Waals surface area (Å²) in [5, 5.41) is 19.3. The van der Waals surface area contributed by atoms with E-state index in [9.17, 15) is 8.78 Å². The number of nitrogens with zero attached hydrogens (tertiary/aromatic N) is 7. The maximum atomic E-state index is 13.5. The van der Waals surface area contributed by atoms with Crippen molar-refractivity contribution in [2.24, 2.45) is 0 Å². The number of aromatic nitrogens is 6. The number of halogens is 2. The molecule has 1 saturated heterocycles. The smallest absolute Gasteiger partial charge is 0.318 e. The summed E-state index contributed by atoms with van der Waals surface area (Å²) in [6, 6.07) is 2.94. The molecule has 1 N–H and O–H groups in total. The summed E-state index contributed by atoms with van der Waals surface area (Å²) < 4.78 is 38.1. The van der Waals surface area contributed by atoms with Gasteiger partial charge in [0.25, 0.3) is 5.89 Å². The van der Waals surface area contributed by atoms with Crippen molar-refractivity contribution < 1.29 is 17.6 Å². The van der Waals surface area contributed by atoms with Gasteiger partial charge in [-0.3, -0.25) is 0 Å². The van der Waals surface area contributed by atoms with Crippen LogP contribution < -0.4 is 10.2 Å². The Kier molecular flexibility index (Phi) is 5.12. The SMILES string of the molecule is Fc1cc2c(cc1F)CC(Nc1ncc(-c3nnc(N4CCC(c5nnco5)CC4)o3)cn1)C2. The van der Waals surface area contributed by atoms with Crippen LogP contribution >= 0.6 is 0 Å². The molecule has 34 heavy (non-hydrogen) atoms. The Morgan fingerprint density at radius 2 is 1.65 bits per heavy atom. The molecule has 0 bridgehead atoms. The third-order valence-electron chi connectivity index (χ3n) is 6.31. The average Bonchev–Trinajstić information content (AvgIpc) is 3.61. The van der Waals surface area contributed by atoms with E-state index < -0.39 is 11.6 Å². The molecule has 0 radical (unpaired) electrons. The Balaban J connectivity index is 1.07. The number of piperidine rings is 1. The molecule has 174 valence electrons. The first-order chi connectivity index (χ1) is 16.6. The molecule has 0 spiro atoms. The van der Waals surface area contributed by atoms with Crippen molar-refractivity contribution >= 4 is 12.0 Å². The second-order valence-corrected chi connectivity index (χ2v) is 8.51. The summed E-state index contributed by atoms with van der Waals surface area (Å²) in [7, 11) is 0. The Morgan fingerprint density at radius 1 is 0.941 bits per heavy atom. The van der Waals surface area contributed by atoms with Crippen molar-refractivity contribution in [3.8, 4) is 11.5 Å². The Hall–Kier alpha value is -3.96. The summed E-state index contributed by atoms with van der Waals surface area (Å²) in [6.07, 6.45) is 7.43. The van der Waals surface area contributed by atoms with Crippen LogP contribution in [0.2, 0.25) is 0 Å². The van der Waals surface area contributed by atoms with Gasteiger partial charge < -0.3 is 19.1 Å². The number of rotatable bonds is 5. The van der Waals surface area contributed by atoms with Crippen molar-refractivity contribution in [3.05, 3.63) is 59.6 Å². The number of anilines is 2. The van der Waals surface area contributed by atoms with Crippen LogP contribution in [0.5, 0.6) is 0 Å². The van der Waals surface area contributed by atoms with Gasteiger partial charge >= 0.3 is 6.01 Å². The van der Waals surface area contributed by atoms with Gasteiger partial charge in [-0.2, -0.15) is 0 Å². The topological polar surface area (TPSA) is 119 Å². The lowest BCUT2D eigenvalue weighted by Crippen LogP contribution is -2.33. The normalized spacial score (nSPS) is 16.7. The second-order valence-electron chi connectivity index (χ2n) is 8.51. The van der Waals surface area contributed by atoms with Crippen LogP contribution in [0.15, 0.2) is 39.8 Å². The van der Waals surface area contributed by atoms with E-state index in [2.05, 4.69) is 35.7 Å². The van der Waals surface area contributed by atoms with Gasteiger partial charge in [0.2, 0.25) is 18.2 Å². The van der Waals surface area contributed by atoms with Gasteiger partial charge in [0.15, 0.2) is 11.6 Å². The fourth-order valence-corrected chi connectivity index (χ4v) is 4.55. The standard InChI is InChI=1S/C22H20F2N8O2/c23-17-7-13-5-16(6-14(13)8-18(17)24)28-21-25-9-15(10-26-21)20-30-31-22(34-20)32-3-1-12(2-4-32)19-29-27-11-33-19/h7-12,16H,1-6H2,(H,25,26,28). The van der Waals surface area contributed by atoms with Crippen LogP contribution in [0.4, 0.5) is 20.7 Å². The number of hydrogen-bond acceptors (Lipinski definition) is 10. The van der Waals surface area contributed by atoms with E-state index in [0.29, 0.717) is 42.1 Å². The molecule has 0 amide bonds. The first kappa shape index (κ1) is 20.6. The van der Waals surface area contributed by atoms with Crippen LogP contribution in [0.1, 0.15) is 35.8 Å². The Bertz CT molecular complexity index is 1260. The van der Waals surface area contributed by atoms with E-state index in [1.54, 1.807) is 12.4 Å². The maximum absolute atomic E-state index is 13.5. The molecule has 0 saturated carbocycles. The maximum Gasteiger partial charge on any atom is 0.318 e. The van der Waals surface area contributed by atoms with Crippen LogP contribution in [0.25, 0.3) is 11.5 Å². The fraction of sp³-hybridized carbons (Fsp3) is 0.364. The fourth-order valence-electron chi connectivity index (χ4n) is 4.55. The predicted octanol–water partition coefficient (Wildman–Crippen LogP) is 3.15. The van der Waals surface area contributed by atoms with Crippen LogP contribution in [-0.4, -0.2) is 49.5 Å². The zero-order valence-corrected chi connectivity index (χ0v) is 18.0. The predicted molar refractivity (Wildman–Crippen MR) is 115 cm³/mol. The zero-order chi connectivity index (χ0) is 23.1. The molecule has 0 atom stereocenters. The third kappa shape index (κ3) is 3.95. The summed E-state index contributed by atoms with van der Waals surface area (Å²) in [4.78, 5) is 10.7. The highest BCUT2D eigenvalue weighted by molar-refractivity contribution is 5.52. The van der Waals surface area contributed by atoms with Gasteiger partial charge in [0.05, 0.1) is 5.56 Å². The molecule has 1 aliphatic heterocycles. The molecule has 6 rings (SSSR count). The highest BCUT2D eigenvalue weighted by Crippen LogP contribution is 2.30. The van der Waals surface area contributed by atoms with E-state index in [4.69, 9.17) is 8.83 Å². The second kappa shape index (κ2) is 8.43. The quantitative estimate of drug-likeness (QED) is 0.470.